The van der Waals surface area contributed by atoms with Crippen LogP contribution in [-0.2, 0) is 0 Å². The van der Waals surface area contributed by atoms with Crippen molar-refractivity contribution >= 4 is 47.7 Å². The Morgan fingerprint density at radius 2 is 0.720 bits per heavy atom. The maximum atomic E-state index is 6.33. The number of hydrogen-bond donors (Lipinski definition) is 0. The second-order valence-corrected chi connectivity index (χ2v) is 18.0. The lowest BCUT2D eigenvalue weighted by atomic mass is 10.0. The maximum Gasteiger partial charge on any atom is 0.127 e. The summed E-state index contributed by atoms with van der Waals surface area (Å²) in [6.07, 6.45) is 0. The molecule has 0 amide bonds. The van der Waals surface area contributed by atoms with Gasteiger partial charge < -0.3 is 9.47 Å². The van der Waals surface area contributed by atoms with Gasteiger partial charge >= 0.3 is 0 Å². The fraction of sp³-hybridized carbons (Fsp3) is 0.217. The topological polar surface area (TPSA) is 18.5 Å². The van der Waals surface area contributed by atoms with Crippen molar-refractivity contribution < 1.29 is 9.47 Å². The molecule has 0 saturated carbocycles. The van der Waals surface area contributed by atoms with E-state index in [9.17, 15) is 0 Å². The second kappa shape index (κ2) is 14.9. The van der Waals surface area contributed by atoms with Gasteiger partial charge in [-0.3, -0.25) is 0 Å². The molecule has 0 aliphatic heterocycles. The van der Waals surface area contributed by atoms with Crippen LogP contribution >= 0.6 is 15.8 Å². The highest BCUT2D eigenvalue weighted by Crippen LogP contribution is 2.47. The van der Waals surface area contributed by atoms with Gasteiger partial charge in [0.05, 0.1) is 14.2 Å². The molecule has 0 aliphatic rings. The summed E-state index contributed by atoms with van der Waals surface area (Å²) >= 11 is 0. The van der Waals surface area contributed by atoms with E-state index in [4.69, 9.17) is 9.47 Å². The van der Waals surface area contributed by atoms with Crippen molar-refractivity contribution in [2.75, 3.05) is 14.2 Å². The lowest BCUT2D eigenvalue weighted by Crippen LogP contribution is -2.27. The van der Waals surface area contributed by atoms with Gasteiger partial charge in [0.1, 0.15) is 11.5 Å². The first-order valence-corrected chi connectivity index (χ1v) is 19.9. The Bertz CT molecular complexity index is 2000. The quantitative estimate of drug-likeness (QED) is 0.141. The van der Waals surface area contributed by atoms with E-state index >= 15 is 0 Å². The molecule has 2 unspecified atom stereocenters. The van der Waals surface area contributed by atoms with E-state index in [1.807, 2.05) is 0 Å². The zero-order valence-corrected chi connectivity index (χ0v) is 32.9. The van der Waals surface area contributed by atoms with Crippen molar-refractivity contribution in [2.45, 2.75) is 55.4 Å². The van der Waals surface area contributed by atoms with Gasteiger partial charge in [-0.15, -0.1) is 0 Å². The number of benzene rings is 6. The van der Waals surface area contributed by atoms with E-state index in [0.29, 0.717) is 0 Å². The molecular formula is C46H48O2P2. The van der Waals surface area contributed by atoms with Crippen LogP contribution in [0.15, 0.2) is 109 Å². The molecular weight excluding hydrogens is 646 g/mol. The first-order chi connectivity index (χ1) is 24.0. The Hall–Kier alpha value is -4.22. The second-order valence-electron chi connectivity index (χ2n) is 13.6. The molecule has 0 aliphatic carbocycles. The molecule has 6 aromatic carbocycles. The summed E-state index contributed by atoms with van der Waals surface area (Å²) in [6, 6.07) is 41.2. The smallest absolute Gasteiger partial charge is 0.127 e. The van der Waals surface area contributed by atoms with Crippen LogP contribution in [0.1, 0.15) is 44.5 Å². The summed E-state index contributed by atoms with van der Waals surface area (Å²) in [5, 5.41) is 7.83. The summed E-state index contributed by atoms with van der Waals surface area (Å²) in [4.78, 5) is 0. The van der Waals surface area contributed by atoms with E-state index in [0.717, 1.165) is 22.6 Å². The third-order valence-corrected chi connectivity index (χ3v) is 14.5. The summed E-state index contributed by atoms with van der Waals surface area (Å²) in [5.74, 6) is 1.70. The van der Waals surface area contributed by atoms with Gasteiger partial charge in [0.2, 0.25) is 0 Å². The Morgan fingerprint density at radius 3 is 1.04 bits per heavy atom. The van der Waals surface area contributed by atoms with Crippen molar-refractivity contribution in [3.8, 4) is 22.6 Å². The standard InChI is InChI=1S/C46H48O2P2/c1-29-21-30(2)24-39(23-29)49(37-19-17-33(5)35(7)27-37)43-15-11-13-41(47-9)45(43)46-42(48-10)14-12-16-44(46)50(38-20-18-34(6)36(8)28-38)40-25-31(3)22-32(4)26-40/h11-28H,1-10H3. The number of ether oxygens (including phenoxy) is 2. The molecule has 0 spiro atoms. The number of hydrogen-bond acceptors (Lipinski definition) is 2. The van der Waals surface area contributed by atoms with Gasteiger partial charge in [-0.05, 0) is 137 Å². The van der Waals surface area contributed by atoms with E-state index in [1.54, 1.807) is 14.2 Å². The summed E-state index contributed by atoms with van der Waals surface area (Å²) in [5.41, 5.74) is 12.5. The normalized spacial score (nSPS) is 12.4. The van der Waals surface area contributed by atoms with Crippen molar-refractivity contribution in [1.29, 1.82) is 0 Å². The van der Waals surface area contributed by atoms with Gasteiger partial charge in [-0.25, -0.2) is 0 Å². The predicted octanol–water partition coefficient (Wildman–Crippen LogP) is 9.35. The Morgan fingerprint density at radius 1 is 0.360 bits per heavy atom. The van der Waals surface area contributed by atoms with Crippen molar-refractivity contribution in [2.24, 2.45) is 0 Å². The average Bonchev–Trinajstić information content (AvgIpc) is 3.07. The molecule has 0 N–H and O–H groups in total. The molecule has 0 bridgehead atoms. The van der Waals surface area contributed by atoms with Crippen LogP contribution in [0.25, 0.3) is 11.1 Å². The van der Waals surface area contributed by atoms with Gasteiger partial charge in [0.25, 0.3) is 0 Å². The summed E-state index contributed by atoms with van der Waals surface area (Å²) < 4.78 is 12.7. The SMILES string of the molecule is COc1cccc(P(c2cc(C)cc(C)c2)c2ccc(C)c(C)c2)c1-c1c(OC)cccc1P(c1cc(C)cc(C)c1)c1ccc(C)c(C)c1. The molecule has 0 aromatic heterocycles. The molecule has 0 fully saturated rings. The molecule has 0 heterocycles. The van der Waals surface area contributed by atoms with Crippen LogP contribution in [0.3, 0.4) is 0 Å². The highest BCUT2D eigenvalue weighted by Gasteiger charge is 2.30. The first-order valence-electron chi connectivity index (χ1n) is 17.2. The van der Waals surface area contributed by atoms with Crippen LogP contribution in [0.5, 0.6) is 11.5 Å². The molecule has 0 radical (unpaired) electrons. The highest BCUT2D eigenvalue weighted by atomic mass is 31.1. The van der Waals surface area contributed by atoms with Gasteiger partial charge in [-0.1, -0.05) is 119 Å². The molecule has 0 saturated heterocycles. The van der Waals surface area contributed by atoms with Gasteiger partial charge in [-0.2, -0.15) is 0 Å². The largest absolute Gasteiger partial charge is 0.496 e. The number of aryl methyl sites for hydroxylation is 8. The summed E-state index contributed by atoms with van der Waals surface area (Å²) in [6.45, 7) is 17.6. The van der Waals surface area contributed by atoms with E-state index in [1.165, 1.54) is 76.3 Å². The molecule has 254 valence electrons. The summed E-state index contributed by atoms with van der Waals surface area (Å²) in [7, 11) is 1.63. The van der Waals surface area contributed by atoms with E-state index < -0.39 is 15.8 Å². The first kappa shape index (κ1) is 35.6. The minimum absolute atomic E-state index is 0.851. The fourth-order valence-electron chi connectivity index (χ4n) is 7.00. The van der Waals surface area contributed by atoms with Gasteiger partial charge in [0.15, 0.2) is 0 Å². The minimum Gasteiger partial charge on any atom is -0.496 e. The van der Waals surface area contributed by atoms with Crippen molar-refractivity contribution in [3.63, 3.8) is 0 Å². The van der Waals surface area contributed by atoms with Crippen LogP contribution in [0, 0.1) is 55.4 Å². The fourth-order valence-corrected chi connectivity index (χ4v) is 12.5. The Kier molecular flexibility index (Phi) is 10.6. The highest BCUT2D eigenvalue weighted by molar-refractivity contribution is 7.80. The lowest BCUT2D eigenvalue weighted by molar-refractivity contribution is 0.411. The van der Waals surface area contributed by atoms with Crippen molar-refractivity contribution in [1.82, 2.24) is 0 Å². The monoisotopic (exact) mass is 694 g/mol. The van der Waals surface area contributed by atoms with Crippen LogP contribution in [0.2, 0.25) is 0 Å². The maximum absolute atomic E-state index is 6.33. The zero-order valence-electron chi connectivity index (χ0n) is 31.1. The van der Waals surface area contributed by atoms with Crippen LogP contribution < -0.4 is 41.3 Å². The molecule has 50 heavy (non-hydrogen) atoms. The molecule has 6 aromatic rings. The Balaban J connectivity index is 1.74. The molecule has 6 rings (SSSR count). The van der Waals surface area contributed by atoms with Gasteiger partial charge in [0, 0.05) is 11.1 Å². The van der Waals surface area contributed by atoms with Crippen LogP contribution in [-0.4, -0.2) is 14.2 Å². The zero-order chi connectivity index (χ0) is 35.7. The third-order valence-electron chi connectivity index (χ3n) is 9.61. The third kappa shape index (κ3) is 7.16. The predicted molar refractivity (Wildman–Crippen MR) is 220 cm³/mol. The van der Waals surface area contributed by atoms with Crippen LogP contribution in [0.4, 0.5) is 0 Å². The molecule has 4 heteroatoms. The minimum atomic E-state index is -0.979. The van der Waals surface area contributed by atoms with E-state index in [2.05, 4.69) is 165 Å². The Labute approximate surface area is 302 Å². The number of rotatable bonds is 9. The van der Waals surface area contributed by atoms with Crippen molar-refractivity contribution in [3.05, 3.63) is 154 Å². The molecule has 2 nitrogen and oxygen atoms in total. The average molecular weight is 695 g/mol. The molecule has 2 atom stereocenters. The van der Waals surface area contributed by atoms with E-state index in [-0.39, 0.29) is 0 Å². The lowest BCUT2D eigenvalue weighted by Gasteiger charge is -2.29. The number of methoxy groups -OCH3 is 2.